The highest BCUT2D eigenvalue weighted by molar-refractivity contribution is 5.42. The van der Waals surface area contributed by atoms with Gasteiger partial charge in [0.15, 0.2) is 0 Å². The summed E-state index contributed by atoms with van der Waals surface area (Å²) in [5.74, 6) is 1.34. The second kappa shape index (κ2) is 9.68. The minimum atomic E-state index is 0.517. The van der Waals surface area contributed by atoms with Gasteiger partial charge in [-0.15, -0.1) is 0 Å². The topological polar surface area (TPSA) is 63.8 Å². The summed E-state index contributed by atoms with van der Waals surface area (Å²) in [6.07, 6.45) is 12.2. The van der Waals surface area contributed by atoms with Gasteiger partial charge in [-0.05, 0) is 6.42 Å². The standard InChI is InChI=1S/C14H26N4/c1-2-3-4-5-6-7-8-9-10-16-14-11-13(15)17-12-18-14/h11-12H,2-10H2,1H3,(H3,15,16,17,18). The summed E-state index contributed by atoms with van der Waals surface area (Å²) >= 11 is 0. The number of aromatic nitrogens is 2. The van der Waals surface area contributed by atoms with Crippen molar-refractivity contribution >= 4 is 11.6 Å². The number of hydrogen-bond donors (Lipinski definition) is 2. The fourth-order valence-electron chi connectivity index (χ4n) is 1.94. The van der Waals surface area contributed by atoms with E-state index in [9.17, 15) is 0 Å². The number of hydrogen-bond acceptors (Lipinski definition) is 4. The molecule has 0 saturated carbocycles. The molecule has 18 heavy (non-hydrogen) atoms. The van der Waals surface area contributed by atoms with Crippen LogP contribution in [-0.4, -0.2) is 16.5 Å². The molecule has 0 radical (unpaired) electrons. The smallest absolute Gasteiger partial charge is 0.131 e. The maximum absolute atomic E-state index is 5.58. The van der Waals surface area contributed by atoms with E-state index < -0.39 is 0 Å². The van der Waals surface area contributed by atoms with E-state index in [1.807, 2.05) is 0 Å². The third kappa shape index (κ3) is 7.09. The van der Waals surface area contributed by atoms with Crippen LogP contribution in [0.2, 0.25) is 0 Å². The molecule has 4 nitrogen and oxygen atoms in total. The van der Waals surface area contributed by atoms with E-state index in [1.165, 1.54) is 57.7 Å². The molecule has 0 aliphatic rings. The summed E-state index contributed by atoms with van der Waals surface area (Å²) in [6.45, 7) is 3.22. The highest BCUT2D eigenvalue weighted by Crippen LogP contribution is 2.09. The molecule has 4 heteroatoms. The zero-order valence-electron chi connectivity index (χ0n) is 11.5. The molecule has 0 aliphatic heterocycles. The van der Waals surface area contributed by atoms with Crippen molar-refractivity contribution in [2.75, 3.05) is 17.6 Å². The maximum Gasteiger partial charge on any atom is 0.131 e. The number of anilines is 2. The van der Waals surface area contributed by atoms with E-state index in [2.05, 4.69) is 22.2 Å². The van der Waals surface area contributed by atoms with E-state index in [0.717, 1.165) is 12.4 Å². The Morgan fingerprint density at radius 2 is 1.67 bits per heavy atom. The first-order chi connectivity index (χ1) is 8.83. The van der Waals surface area contributed by atoms with Gasteiger partial charge < -0.3 is 11.1 Å². The molecule has 3 N–H and O–H groups in total. The molecule has 0 saturated heterocycles. The summed E-state index contributed by atoms with van der Waals surface area (Å²) in [6, 6.07) is 1.77. The minimum Gasteiger partial charge on any atom is -0.384 e. The third-order valence-corrected chi connectivity index (χ3v) is 3.02. The molecule has 0 spiro atoms. The van der Waals surface area contributed by atoms with Gasteiger partial charge in [0, 0.05) is 12.6 Å². The van der Waals surface area contributed by atoms with Crippen molar-refractivity contribution in [1.82, 2.24) is 9.97 Å². The molecule has 0 atom stereocenters. The van der Waals surface area contributed by atoms with Crippen molar-refractivity contribution in [3.63, 3.8) is 0 Å². The quantitative estimate of drug-likeness (QED) is 0.623. The Kier molecular flexibility index (Phi) is 7.93. The van der Waals surface area contributed by atoms with Crippen LogP contribution in [0, 0.1) is 0 Å². The SMILES string of the molecule is CCCCCCCCCCNc1cc(N)ncn1. The van der Waals surface area contributed by atoms with Gasteiger partial charge in [-0.25, -0.2) is 9.97 Å². The summed E-state index contributed by atoms with van der Waals surface area (Å²) in [4.78, 5) is 7.96. The van der Waals surface area contributed by atoms with Gasteiger partial charge in [0.25, 0.3) is 0 Å². The lowest BCUT2D eigenvalue weighted by Crippen LogP contribution is -2.04. The fraction of sp³-hybridized carbons (Fsp3) is 0.714. The largest absolute Gasteiger partial charge is 0.384 e. The monoisotopic (exact) mass is 250 g/mol. The molecular weight excluding hydrogens is 224 g/mol. The Morgan fingerprint density at radius 1 is 1.00 bits per heavy atom. The molecule has 1 rings (SSSR count). The fourth-order valence-corrected chi connectivity index (χ4v) is 1.94. The highest BCUT2D eigenvalue weighted by atomic mass is 15.0. The Hall–Kier alpha value is -1.32. The Balaban J connectivity index is 1.92. The molecule has 0 unspecified atom stereocenters. The lowest BCUT2D eigenvalue weighted by molar-refractivity contribution is 0.581. The van der Waals surface area contributed by atoms with Crippen LogP contribution in [0.4, 0.5) is 11.6 Å². The van der Waals surface area contributed by atoms with Gasteiger partial charge in [-0.3, -0.25) is 0 Å². The van der Waals surface area contributed by atoms with Crippen molar-refractivity contribution in [1.29, 1.82) is 0 Å². The summed E-state index contributed by atoms with van der Waals surface area (Å²) in [5, 5.41) is 3.27. The van der Waals surface area contributed by atoms with Crippen molar-refractivity contribution < 1.29 is 0 Å². The molecule has 0 aromatic carbocycles. The van der Waals surface area contributed by atoms with Gasteiger partial charge >= 0.3 is 0 Å². The Labute approximate surface area is 110 Å². The van der Waals surface area contributed by atoms with Gasteiger partial charge in [-0.1, -0.05) is 51.9 Å². The molecule has 102 valence electrons. The molecule has 0 fully saturated rings. The lowest BCUT2D eigenvalue weighted by Gasteiger charge is -2.05. The van der Waals surface area contributed by atoms with Crippen molar-refractivity contribution in [2.24, 2.45) is 0 Å². The minimum absolute atomic E-state index is 0.517. The second-order valence-electron chi connectivity index (χ2n) is 4.73. The number of nitrogens with one attached hydrogen (secondary N) is 1. The molecule has 0 bridgehead atoms. The maximum atomic E-state index is 5.58. The van der Waals surface area contributed by atoms with E-state index in [1.54, 1.807) is 6.07 Å². The third-order valence-electron chi connectivity index (χ3n) is 3.02. The Bertz CT molecular complexity index is 314. The Morgan fingerprint density at radius 3 is 2.33 bits per heavy atom. The molecule has 1 heterocycles. The van der Waals surface area contributed by atoms with Crippen LogP contribution in [-0.2, 0) is 0 Å². The number of nitrogens with zero attached hydrogens (tertiary/aromatic N) is 2. The summed E-state index contributed by atoms with van der Waals surface area (Å²) in [5.41, 5.74) is 5.58. The second-order valence-corrected chi connectivity index (χ2v) is 4.73. The van der Waals surface area contributed by atoms with Crippen molar-refractivity contribution in [2.45, 2.75) is 58.3 Å². The van der Waals surface area contributed by atoms with Crippen LogP contribution >= 0.6 is 0 Å². The summed E-state index contributed by atoms with van der Waals surface area (Å²) < 4.78 is 0. The van der Waals surface area contributed by atoms with Crippen LogP contribution in [0.15, 0.2) is 12.4 Å². The van der Waals surface area contributed by atoms with Gasteiger partial charge in [0.2, 0.25) is 0 Å². The van der Waals surface area contributed by atoms with Gasteiger partial charge in [0.05, 0.1) is 0 Å². The number of nitrogen functional groups attached to an aromatic ring is 1. The van der Waals surface area contributed by atoms with E-state index in [4.69, 9.17) is 5.73 Å². The number of unbranched alkanes of at least 4 members (excludes halogenated alkanes) is 7. The zero-order valence-corrected chi connectivity index (χ0v) is 11.5. The van der Waals surface area contributed by atoms with Crippen molar-refractivity contribution in [3.05, 3.63) is 12.4 Å². The number of rotatable bonds is 10. The predicted octanol–water partition coefficient (Wildman–Crippen LogP) is 3.61. The van der Waals surface area contributed by atoms with Gasteiger partial charge in [-0.2, -0.15) is 0 Å². The van der Waals surface area contributed by atoms with Crippen LogP contribution in [0.25, 0.3) is 0 Å². The number of nitrogens with two attached hydrogens (primary N) is 1. The van der Waals surface area contributed by atoms with E-state index in [-0.39, 0.29) is 0 Å². The van der Waals surface area contributed by atoms with E-state index >= 15 is 0 Å². The summed E-state index contributed by atoms with van der Waals surface area (Å²) in [7, 11) is 0. The van der Waals surface area contributed by atoms with Crippen LogP contribution in [0.3, 0.4) is 0 Å². The van der Waals surface area contributed by atoms with Crippen LogP contribution < -0.4 is 11.1 Å². The average Bonchev–Trinajstić information content (AvgIpc) is 2.37. The molecule has 1 aromatic heterocycles. The predicted molar refractivity (Wildman–Crippen MR) is 77.5 cm³/mol. The van der Waals surface area contributed by atoms with Crippen molar-refractivity contribution in [3.8, 4) is 0 Å². The zero-order chi connectivity index (χ0) is 13.1. The molecule has 0 amide bonds. The highest BCUT2D eigenvalue weighted by Gasteiger charge is 1.95. The normalized spacial score (nSPS) is 10.5. The van der Waals surface area contributed by atoms with Crippen LogP contribution in [0.1, 0.15) is 58.3 Å². The molecular formula is C14H26N4. The lowest BCUT2D eigenvalue weighted by atomic mass is 10.1. The first kappa shape index (κ1) is 14.7. The van der Waals surface area contributed by atoms with E-state index in [0.29, 0.717) is 5.82 Å². The van der Waals surface area contributed by atoms with Crippen LogP contribution in [0.5, 0.6) is 0 Å². The first-order valence-corrected chi connectivity index (χ1v) is 7.14. The average molecular weight is 250 g/mol. The molecule has 1 aromatic rings. The van der Waals surface area contributed by atoms with Gasteiger partial charge in [0.1, 0.15) is 18.0 Å². The molecule has 0 aliphatic carbocycles. The first-order valence-electron chi connectivity index (χ1n) is 7.14.